The third-order valence-corrected chi connectivity index (χ3v) is 6.90. The molecule has 0 radical (unpaired) electrons. The van der Waals surface area contributed by atoms with Gasteiger partial charge in [0.25, 0.3) is 0 Å². The van der Waals surface area contributed by atoms with Crippen molar-refractivity contribution in [3.8, 4) is 0 Å². The summed E-state index contributed by atoms with van der Waals surface area (Å²) in [5, 5.41) is 0. The maximum Gasteiger partial charge on any atom is 0.214 e. The van der Waals surface area contributed by atoms with Crippen LogP contribution in [0.3, 0.4) is 0 Å². The third-order valence-electron chi connectivity index (χ3n) is 4.19. The summed E-state index contributed by atoms with van der Waals surface area (Å²) in [6.07, 6.45) is 3.83. The van der Waals surface area contributed by atoms with Crippen molar-refractivity contribution in [3.05, 3.63) is 28.5 Å². The predicted octanol–water partition coefficient (Wildman–Crippen LogP) is 2.30. The van der Waals surface area contributed by atoms with Crippen molar-refractivity contribution in [3.63, 3.8) is 0 Å². The molecule has 0 unspecified atom stereocenters. The van der Waals surface area contributed by atoms with Gasteiger partial charge in [-0.1, -0.05) is 6.92 Å². The van der Waals surface area contributed by atoms with Crippen molar-refractivity contribution >= 4 is 38.4 Å². The van der Waals surface area contributed by atoms with Crippen LogP contribution in [0.1, 0.15) is 31.9 Å². The van der Waals surface area contributed by atoms with Gasteiger partial charge in [0.1, 0.15) is 0 Å². The summed E-state index contributed by atoms with van der Waals surface area (Å²) in [5.74, 6) is 0.218. The summed E-state index contributed by atoms with van der Waals surface area (Å²) in [6.45, 7) is 3.39. The van der Waals surface area contributed by atoms with Gasteiger partial charge < -0.3 is 5.73 Å². The Kier molecular flexibility index (Phi) is 7.26. The average molecular weight is 413 g/mol. The number of nitrogens with zero attached hydrogens (tertiary/aromatic N) is 2. The fraction of sp³-hybridized carbons (Fsp3) is 0.643. The Labute approximate surface area is 147 Å². The summed E-state index contributed by atoms with van der Waals surface area (Å²) >= 11 is 3.54. The van der Waals surface area contributed by atoms with Gasteiger partial charge in [-0.2, -0.15) is 0 Å². The van der Waals surface area contributed by atoms with E-state index >= 15 is 0 Å². The zero-order valence-electron chi connectivity index (χ0n) is 12.7. The van der Waals surface area contributed by atoms with E-state index in [1.54, 1.807) is 10.5 Å². The molecule has 0 aromatic carbocycles. The molecule has 5 nitrogen and oxygen atoms in total. The van der Waals surface area contributed by atoms with E-state index in [2.05, 4.69) is 20.9 Å². The highest BCUT2D eigenvalue weighted by Gasteiger charge is 2.40. The number of aromatic nitrogens is 1. The summed E-state index contributed by atoms with van der Waals surface area (Å²) in [7, 11) is -3.12. The molecule has 1 aromatic heterocycles. The minimum absolute atomic E-state index is 0. The van der Waals surface area contributed by atoms with Crippen molar-refractivity contribution in [2.45, 2.75) is 31.6 Å². The van der Waals surface area contributed by atoms with Crippen LogP contribution in [0.4, 0.5) is 0 Å². The standard InChI is InChI=1S/C14H22BrN3O2S.ClH/c1-2-10-21(19,20)18-8-5-14(11-16,6-9-18)13-12(15)4-3-7-17-13;/h3-4,7H,2,5-6,8-11,16H2,1H3;1H. The molecule has 2 N–H and O–H groups in total. The zero-order valence-corrected chi connectivity index (χ0v) is 15.9. The van der Waals surface area contributed by atoms with Gasteiger partial charge in [0, 0.05) is 35.7 Å². The predicted molar refractivity (Wildman–Crippen MR) is 94.8 cm³/mol. The zero-order chi connectivity index (χ0) is 15.5. The largest absolute Gasteiger partial charge is 0.330 e. The van der Waals surface area contributed by atoms with E-state index in [0.717, 1.165) is 10.2 Å². The number of rotatable bonds is 5. The van der Waals surface area contributed by atoms with Crippen LogP contribution in [-0.4, -0.2) is 43.1 Å². The van der Waals surface area contributed by atoms with Crippen LogP contribution in [0, 0.1) is 0 Å². The molecule has 0 bridgehead atoms. The van der Waals surface area contributed by atoms with Crippen molar-refractivity contribution in [1.29, 1.82) is 0 Å². The molecule has 1 aromatic rings. The monoisotopic (exact) mass is 411 g/mol. The van der Waals surface area contributed by atoms with Gasteiger partial charge in [0.15, 0.2) is 0 Å². The summed E-state index contributed by atoms with van der Waals surface area (Å²) in [6, 6.07) is 3.83. The highest BCUT2D eigenvalue weighted by molar-refractivity contribution is 9.10. The van der Waals surface area contributed by atoms with Crippen LogP contribution < -0.4 is 5.73 Å². The Balaban J connectivity index is 0.00000242. The van der Waals surface area contributed by atoms with Crippen LogP contribution in [-0.2, 0) is 15.4 Å². The molecular weight excluding hydrogens is 390 g/mol. The maximum atomic E-state index is 12.2. The van der Waals surface area contributed by atoms with Crippen LogP contribution in [0.2, 0.25) is 0 Å². The Morgan fingerprint density at radius 2 is 2.05 bits per heavy atom. The Bertz CT molecular complexity index is 590. The molecule has 1 aliphatic rings. The molecule has 1 fully saturated rings. The Morgan fingerprint density at radius 3 is 2.55 bits per heavy atom. The fourth-order valence-electron chi connectivity index (χ4n) is 2.89. The maximum absolute atomic E-state index is 12.2. The SMILES string of the molecule is CCCS(=O)(=O)N1CCC(CN)(c2ncccc2Br)CC1.Cl. The fourth-order valence-corrected chi connectivity index (χ4v) is 5.08. The van der Waals surface area contributed by atoms with Crippen LogP contribution >= 0.6 is 28.3 Å². The second-order valence-corrected chi connectivity index (χ2v) is 8.48. The normalized spacial score (nSPS) is 18.7. The van der Waals surface area contributed by atoms with E-state index in [4.69, 9.17) is 5.73 Å². The lowest BCUT2D eigenvalue weighted by Crippen LogP contribution is -2.49. The van der Waals surface area contributed by atoms with Crippen LogP contribution in [0.5, 0.6) is 0 Å². The molecule has 1 saturated heterocycles. The first-order valence-corrected chi connectivity index (χ1v) is 9.64. The van der Waals surface area contributed by atoms with Crippen molar-refractivity contribution < 1.29 is 8.42 Å². The van der Waals surface area contributed by atoms with Gasteiger partial charge in [-0.15, -0.1) is 12.4 Å². The molecule has 0 amide bonds. The van der Waals surface area contributed by atoms with Gasteiger partial charge in [-0.25, -0.2) is 12.7 Å². The molecule has 22 heavy (non-hydrogen) atoms. The summed E-state index contributed by atoms with van der Waals surface area (Å²) in [5.41, 5.74) is 6.73. The van der Waals surface area contributed by atoms with Crippen LogP contribution in [0.15, 0.2) is 22.8 Å². The quantitative estimate of drug-likeness (QED) is 0.805. The Hall–Kier alpha value is -0.210. The minimum Gasteiger partial charge on any atom is -0.330 e. The average Bonchev–Trinajstić information content (AvgIpc) is 2.48. The topological polar surface area (TPSA) is 76.3 Å². The van der Waals surface area contributed by atoms with Crippen LogP contribution in [0.25, 0.3) is 0 Å². The second kappa shape index (κ2) is 8.06. The first kappa shape index (κ1) is 19.8. The number of nitrogens with two attached hydrogens (primary N) is 1. The first-order valence-electron chi connectivity index (χ1n) is 7.24. The Morgan fingerprint density at radius 1 is 1.41 bits per heavy atom. The molecule has 2 rings (SSSR count). The lowest BCUT2D eigenvalue weighted by atomic mass is 9.76. The number of sulfonamides is 1. The van der Waals surface area contributed by atoms with E-state index in [1.807, 2.05) is 19.1 Å². The number of piperidine rings is 1. The van der Waals surface area contributed by atoms with Gasteiger partial charge in [0.05, 0.1) is 11.4 Å². The van der Waals surface area contributed by atoms with Crippen molar-refractivity contribution in [2.75, 3.05) is 25.4 Å². The van der Waals surface area contributed by atoms with Crippen molar-refractivity contribution in [1.82, 2.24) is 9.29 Å². The smallest absolute Gasteiger partial charge is 0.214 e. The van der Waals surface area contributed by atoms with Gasteiger partial charge in [0.2, 0.25) is 10.0 Å². The van der Waals surface area contributed by atoms with E-state index in [9.17, 15) is 8.42 Å². The highest BCUT2D eigenvalue weighted by Crippen LogP contribution is 2.37. The molecular formula is C14H23BrClN3O2S. The summed E-state index contributed by atoms with van der Waals surface area (Å²) in [4.78, 5) is 4.47. The number of pyridine rings is 1. The molecule has 0 aliphatic carbocycles. The molecule has 8 heteroatoms. The molecule has 2 heterocycles. The van der Waals surface area contributed by atoms with E-state index in [0.29, 0.717) is 38.9 Å². The molecule has 0 atom stereocenters. The van der Waals surface area contributed by atoms with E-state index in [-0.39, 0.29) is 23.6 Å². The van der Waals surface area contributed by atoms with Gasteiger partial charge in [-0.3, -0.25) is 4.98 Å². The second-order valence-electron chi connectivity index (χ2n) is 5.53. The third kappa shape index (κ3) is 4.00. The molecule has 0 saturated carbocycles. The van der Waals surface area contributed by atoms with Gasteiger partial charge >= 0.3 is 0 Å². The minimum atomic E-state index is -3.12. The number of hydrogen-bond acceptors (Lipinski definition) is 4. The summed E-state index contributed by atoms with van der Waals surface area (Å²) < 4.78 is 26.9. The van der Waals surface area contributed by atoms with E-state index < -0.39 is 10.0 Å². The lowest BCUT2D eigenvalue weighted by molar-refractivity contribution is 0.232. The number of halogens is 2. The van der Waals surface area contributed by atoms with Gasteiger partial charge in [-0.05, 0) is 47.3 Å². The molecule has 0 spiro atoms. The van der Waals surface area contributed by atoms with Crippen molar-refractivity contribution in [2.24, 2.45) is 5.73 Å². The molecule has 1 aliphatic heterocycles. The highest BCUT2D eigenvalue weighted by atomic mass is 79.9. The molecule has 126 valence electrons. The first-order chi connectivity index (χ1) is 9.95. The lowest BCUT2D eigenvalue weighted by Gasteiger charge is -2.40. The van der Waals surface area contributed by atoms with E-state index in [1.165, 1.54) is 0 Å². The number of hydrogen-bond donors (Lipinski definition) is 1.